The Balaban J connectivity index is 2.26. The van der Waals surface area contributed by atoms with Crippen molar-refractivity contribution in [2.45, 2.75) is 37.9 Å². The molecule has 1 aliphatic heterocycles. The lowest BCUT2D eigenvalue weighted by Crippen LogP contribution is -2.26. The highest BCUT2D eigenvalue weighted by Gasteiger charge is 2.45. The van der Waals surface area contributed by atoms with Gasteiger partial charge in [-0.25, -0.2) is 0 Å². The molecule has 0 bridgehead atoms. The van der Waals surface area contributed by atoms with Gasteiger partial charge >= 0.3 is 0 Å². The van der Waals surface area contributed by atoms with Crippen LogP contribution in [0.2, 0.25) is 17.1 Å². The molecule has 1 heterocycles. The maximum absolute atomic E-state index is 2.48. The molecule has 2 unspecified atom stereocenters. The standard InChI is InChI=1S/C11H18Si/c1-9-5-4-6-11(3,10(9)2)12-7-8-12/h4-6,10,12H,7-8H2,1-3H3. The van der Waals surface area contributed by atoms with Crippen molar-refractivity contribution in [3.05, 3.63) is 23.8 Å². The monoisotopic (exact) mass is 178 g/mol. The van der Waals surface area contributed by atoms with Gasteiger partial charge in [0.1, 0.15) is 0 Å². The molecule has 66 valence electrons. The first-order valence-corrected chi connectivity index (χ1v) is 7.21. The first kappa shape index (κ1) is 8.30. The topological polar surface area (TPSA) is 0 Å². The first-order valence-electron chi connectivity index (χ1n) is 5.00. The van der Waals surface area contributed by atoms with Crippen molar-refractivity contribution in [1.82, 2.24) is 0 Å². The normalized spacial score (nSPS) is 41.2. The Bertz CT molecular complexity index is 248. The van der Waals surface area contributed by atoms with Crippen LogP contribution in [0.25, 0.3) is 0 Å². The highest BCUT2D eigenvalue weighted by atomic mass is 28.3. The predicted octanol–water partition coefficient (Wildman–Crippen LogP) is 3.14. The van der Waals surface area contributed by atoms with E-state index < -0.39 is 0 Å². The van der Waals surface area contributed by atoms with Crippen molar-refractivity contribution in [2.24, 2.45) is 5.92 Å². The Labute approximate surface area is 77.0 Å². The summed E-state index contributed by atoms with van der Waals surface area (Å²) in [5.74, 6) is 0.807. The van der Waals surface area contributed by atoms with Gasteiger partial charge in [-0.1, -0.05) is 49.7 Å². The van der Waals surface area contributed by atoms with Crippen molar-refractivity contribution in [3.63, 3.8) is 0 Å². The fraction of sp³-hybridized carbons (Fsp3) is 0.636. The molecule has 0 aromatic carbocycles. The van der Waals surface area contributed by atoms with Crippen LogP contribution in [0.3, 0.4) is 0 Å². The van der Waals surface area contributed by atoms with Gasteiger partial charge in [0.05, 0.1) is 0 Å². The molecule has 1 heteroatoms. The molecule has 2 atom stereocenters. The number of hydrogen-bond donors (Lipinski definition) is 0. The Morgan fingerprint density at radius 2 is 2.17 bits per heavy atom. The van der Waals surface area contributed by atoms with Gasteiger partial charge < -0.3 is 0 Å². The molecular formula is C11H18Si. The van der Waals surface area contributed by atoms with E-state index in [4.69, 9.17) is 0 Å². The number of allylic oxidation sites excluding steroid dienone is 4. The molecule has 1 aliphatic carbocycles. The zero-order valence-corrected chi connectivity index (χ0v) is 9.46. The highest BCUT2D eigenvalue weighted by molar-refractivity contribution is 6.73. The van der Waals surface area contributed by atoms with Gasteiger partial charge in [-0.15, -0.1) is 0 Å². The van der Waals surface area contributed by atoms with Crippen molar-refractivity contribution in [3.8, 4) is 0 Å². The van der Waals surface area contributed by atoms with E-state index >= 15 is 0 Å². The van der Waals surface area contributed by atoms with Gasteiger partial charge in [-0.3, -0.25) is 0 Å². The van der Waals surface area contributed by atoms with Gasteiger partial charge in [0.2, 0.25) is 0 Å². The summed E-state index contributed by atoms with van der Waals surface area (Å²) in [5, 5.41) is 0.610. The molecule has 0 spiro atoms. The minimum Gasteiger partial charge on any atom is -0.0810 e. The highest BCUT2D eigenvalue weighted by Crippen LogP contribution is 2.53. The second-order valence-corrected chi connectivity index (χ2v) is 8.42. The van der Waals surface area contributed by atoms with Gasteiger partial charge in [-0.05, 0) is 17.9 Å². The predicted molar refractivity (Wildman–Crippen MR) is 57.2 cm³/mol. The van der Waals surface area contributed by atoms with Crippen molar-refractivity contribution in [1.29, 1.82) is 0 Å². The summed E-state index contributed by atoms with van der Waals surface area (Å²) >= 11 is 0. The summed E-state index contributed by atoms with van der Waals surface area (Å²) in [6, 6.07) is 3.16. The molecule has 0 nitrogen and oxygen atoms in total. The molecule has 2 rings (SSSR count). The lowest BCUT2D eigenvalue weighted by molar-refractivity contribution is 0.536. The molecule has 0 aromatic rings. The summed E-state index contributed by atoms with van der Waals surface area (Å²) in [6.45, 7) is 7.17. The summed E-state index contributed by atoms with van der Waals surface area (Å²) in [7, 11) is -0.341. The quantitative estimate of drug-likeness (QED) is 0.541. The zero-order valence-electron chi connectivity index (χ0n) is 8.30. The summed E-state index contributed by atoms with van der Waals surface area (Å²) in [5.41, 5.74) is 1.58. The Morgan fingerprint density at radius 3 is 2.75 bits per heavy atom. The minimum absolute atomic E-state index is 0.341. The van der Waals surface area contributed by atoms with Crippen LogP contribution in [0.5, 0.6) is 0 Å². The fourth-order valence-electron chi connectivity index (χ4n) is 2.38. The van der Waals surface area contributed by atoms with E-state index in [9.17, 15) is 0 Å². The number of hydrogen-bond acceptors (Lipinski definition) is 0. The van der Waals surface area contributed by atoms with Gasteiger partial charge in [0.15, 0.2) is 0 Å². The van der Waals surface area contributed by atoms with Crippen LogP contribution < -0.4 is 0 Å². The summed E-state index contributed by atoms with van der Waals surface area (Å²) in [6.07, 6.45) is 7.04. The summed E-state index contributed by atoms with van der Waals surface area (Å²) < 4.78 is 0. The second kappa shape index (κ2) is 2.59. The van der Waals surface area contributed by atoms with Gasteiger partial charge in [-0.2, -0.15) is 0 Å². The van der Waals surface area contributed by atoms with Gasteiger partial charge in [0.25, 0.3) is 0 Å². The van der Waals surface area contributed by atoms with E-state index in [1.54, 1.807) is 17.7 Å². The molecule has 2 aliphatic rings. The molecule has 12 heavy (non-hydrogen) atoms. The second-order valence-electron chi connectivity index (χ2n) is 4.63. The zero-order chi connectivity index (χ0) is 8.77. The lowest BCUT2D eigenvalue weighted by atomic mass is 9.84. The van der Waals surface area contributed by atoms with Crippen molar-refractivity contribution < 1.29 is 0 Å². The molecule has 1 saturated heterocycles. The van der Waals surface area contributed by atoms with Crippen LogP contribution in [0, 0.1) is 5.92 Å². The Morgan fingerprint density at radius 1 is 1.50 bits per heavy atom. The largest absolute Gasteiger partial charge is 0.0810 e. The molecule has 0 N–H and O–H groups in total. The molecule has 1 fully saturated rings. The van der Waals surface area contributed by atoms with E-state index in [0.29, 0.717) is 5.04 Å². The Hall–Kier alpha value is -0.303. The number of rotatable bonds is 1. The van der Waals surface area contributed by atoms with E-state index in [-0.39, 0.29) is 8.80 Å². The van der Waals surface area contributed by atoms with E-state index in [1.165, 1.54) is 0 Å². The van der Waals surface area contributed by atoms with Crippen LogP contribution >= 0.6 is 0 Å². The Kier molecular flexibility index (Phi) is 1.79. The van der Waals surface area contributed by atoms with Crippen molar-refractivity contribution >= 4 is 8.80 Å². The lowest BCUT2D eigenvalue weighted by Gasteiger charge is -2.35. The van der Waals surface area contributed by atoms with Gasteiger partial charge in [0, 0.05) is 8.80 Å². The van der Waals surface area contributed by atoms with E-state index in [0.717, 1.165) is 5.92 Å². The molecule has 0 radical (unpaired) electrons. The third kappa shape index (κ3) is 1.11. The SMILES string of the molecule is CC1=CC=CC(C)([SiH]2CC2)C1C. The smallest absolute Gasteiger partial charge is 0.0478 e. The van der Waals surface area contributed by atoms with Crippen LogP contribution in [0.4, 0.5) is 0 Å². The van der Waals surface area contributed by atoms with Crippen LogP contribution in [-0.2, 0) is 0 Å². The average Bonchev–Trinajstić information content (AvgIpc) is 2.82. The first-order chi connectivity index (χ1) is 5.64. The van der Waals surface area contributed by atoms with Crippen LogP contribution in [0.15, 0.2) is 23.8 Å². The van der Waals surface area contributed by atoms with E-state index in [1.807, 2.05) is 0 Å². The average molecular weight is 178 g/mol. The maximum Gasteiger partial charge on any atom is 0.0478 e. The summed E-state index contributed by atoms with van der Waals surface area (Å²) in [4.78, 5) is 0. The third-order valence-corrected chi connectivity index (χ3v) is 7.49. The molecule has 0 aromatic heterocycles. The van der Waals surface area contributed by atoms with Crippen LogP contribution in [0.1, 0.15) is 20.8 Å². The minimum atomic E-state index is -0.341. The fourth-order valence-corrected chi connectivity index (χ4v) is 5.65. The molecule has 0 saturated carbocycles. The molecular weight excluding hydrogens is 160 g/mol. The third-order valence-electron chi connectivity index (χ3n) is 3.89. The van der Waals surface area contributed by atoms with Crippen molar-refractivity contribution in [2.75, 3.05) is 0 Å². The van der Waals surface area contributed by atoms with E-state index in [2.05, 4.69) is 39.0 Å². The van der Waals surface area contributed by atoms with Crippen LogP contribution in [-0.4, -0.2) is 8.80 Å². The molecule has 0 amide bonds. The maximum atomic E-state index is 2.48.